The van der Waals surface area contributed by atoms with E-state index in [0.29, 0.717) is 6.04 Å². The fourth-order valence-electron chi connectivity index (χ4n) is 1.96. The van der Waals surface area contributed by atoms with Crippen LogP contribution >= 0.6 is 11.8 Å². The summed E-state index contributed by atoms with van der Waals surface area (Å²) in [6.07, 6.45) is 4.08. The zero-order valence-electron chi connectivity index (χ0n) is 11.8. The van der Waals surface area contributed by atoms with E-state index in [1.54, 1.807) is 0 Å². The van der Waals surface area contributed by atoms with E-state index in [2.05, 4.69) is 54.7 Å². The average molecular weight is 275 g/mol. The molecule has 2 rings (SSSR count). The summed E-state index contributed by atoms with van der Waals surface area (Å²) >= 11 is 1.88. The molecule has 1 aromatic heterocycles. The number of rotatable bonds is 6. The van der Waals surface area contributed by atoms with E-state index in [1.165, 1.54) is 16.0 Å². The Bertz CT molecular complexity index is 522. The third kappa shape index (κ3) is 3.85. The lowest BCUT2D eigenvalue weighted by atomic mass is 10.2. The zero-order valence-corrected chi connectivity index (χ0v) is 12.6. The van der Waals surface area contributed by atoms with Crippen molar-refractivity contribution in [3.8, 4) is 0 Å². The van der Waals surface area contributed by atoms with Gasteiger partial charge in [-0.3, -0.25) is 4.68 Å². The molecule has 1 atom stereocenters. The Balaban J connectivity index is 1.99. The molecule has 1 heterocycles. The number of nitrogens with one attached hydrogen (secondary N) is 1. The van der Waals surface area contributed by atoms with E-state index < -0.39 is 0 Å². The first-order valence-corrected chi connectivity index (χ1v) is 7.60. The first-order valence-electron chi connectivity index (χ1n) is 6.62. The predicted octanol–water partition coefficient (Wildman–Crippen LogP) is 3.26. The highest BCUT2D eigenvalue weighted by Gasteiger charge is 2.11. The maximum atomic E-state index is 4.34. The SMILES string of the molecule is CCn1cc(C(CSc2cccc(C)c2)NC)cn1. The lowest BCUT2D eigenvalue weighted by Crippen LogP contribution is -2.18. The molecular formula is C15H21N3S. The van der Waals surface area contributed by atoms with E-state index in [-0.39, 0.29) is 0 Å². The summed E-state index contributed by atoms with van der Waals surface area (Å²) in [5.74, 6) is 1.01. The predicted molar refractivity (Wildman–Crippen MR) is 81.6 cm³/mol. The molecule has 1 unspecified atom stereocenters. The van der Waals surface area contributed by atoms with Gasteiger partial charge in [0.15, 0.2) is 0 Å². The second-order valence-electron chi connectivity index (χ2n) is 4.60. The molecule has 0 aliphatic heterocycles. The molecule has 3 nitrogen and oxygen atoms in total. The van der Waals surface area contributed by atoms with Crippen molar-refractivity contribution in [3.63, 3.8) is 0 Å². The van der Waals surface area contributed by atoms with Gasteiger partial charge in [0.05, 0.1) is 6.20 Å². The Hall–Kier alpha value is -1.26. The third-order valence-electron chi connectivity index (χ3n) is 3.13. The highest BCUT2D eigenvalue weighted by atomic mass is 32.2. The molecule has 0 spiro atoms. The van der Waals surface area contributed by atoms with E-state index in [1.807, 2.05) is 29.7 Å². The molecule has 0 saturated carbocycles. The Morgan fingerprint density at radius 1 is 1.42 bits per heavy atom. The number of benzene rings is 1. The van der Waals surface area contributed by atoms with Crippen molar-refractivity contribution in [2.75, 3.05) is 12.8 Å². The second-order valence-corrected chi connectivity index (χ2v) is 5.69. The standard InChI is InChI=1S/C15H21N3S/c1-4-18-10-13(9-17-18)15(16-3)11-19-14-7-5-6-12(2)8-14/h5-10,15-16H,4,11H2,1-3H3. The highest BCUT2D eigenvalue weighted by Crippen LogP contribution is 2.25. The molecule has 2 aromatic rings. The van der Waals surface area contributed by atoms with Gasteiger partial charge < -0.3 is 5.32 Å². The number of aromatic nitrogens is 2. The lowest BCUT2D eigenvalue weighted by Gasteiger charge is -2.14. The Kier molecular flexibility index (Phi) is 5.05. The molecule has 0 aliphatic rings. The van der Waals surface area contributed by atoms with Crippen LogP contribution in [0.2, 0.25) is 0 Å². The zero-order chi connectivity index (χ0) is 13.7. The summed E-state index contributed by atoms with van der Waals surface area (Å²) in [6.45, 7) is 5.15. The monoisotopic (exact) mass is 275 g/mol. The van der Waals surface area contributed by atoms with Crippen molar-refractivity contribution in [1.29, 1.82) is 0 Å². The molecule has 0 bridgehead atoms. The van der Waals surface area contributed by atoms with Crippen molar-refractivity contribution in [1.82, 2.24) is 15.1 Å². The lowest BCUT2D eigenvalue weighted by molar-refractivity contribution is 0.645. The molecule has 102 valence electrons. The fourth-order valence-corrected chi connectivity index (χ4v) is 3.13. The van der Waals surface area contributed by atoms with Crippen molar-refractivity contribution >= 4 is 11.8 Å². The largest absolute Gasteiger partial charge is 0.312 e. The minimum absolute atomic E-state index is 0.339. The van der Waals surface area contributed by atoms with Gasteiger partial charge in [-0.1, -0.05) is 17.7 Å². The summed E-state index contributed by atoms with van der Waals surface area (Å²) < 4.78 is 1.97. The molecule has 4 heteroatoms. The van der Waals surface area contributed by atoms with Crippen LogP contribution in [0.25, 0.3) is 0 Å². The average Bonchev–Trinajstić information content (AvgIpc) is 2.88. The molecule has 0 amide bonds. The van der Waals surface area contributed by atoms with Crippen LogP contribution in [0.15, 0.2) is 41.6 Å². The van der Waals surface area contributed by atoms with Gasteiger partial charge in [-0.15, -0.1) is 11.8 Å². The van der Waals surface area contributed by atoms with Crippen LogP contribution in [0.4, 0.5) is 0 Å². The van der Waals surface area contributed by atoms with Crippen LogP contribution in [0.3, 0.4) is 0 Å². The van der Waals surface area contributed by atoms with Crippen molar-refractivity contribution in [2.24, 2.45) is 0 Å². The van der Waals surface area contributed by atoms with Crippen LogP contribution in [0.1, 0.15) is 24.1 Å². The first-order chi connectivity index (χ1) is 9.22. The number of nitrogens with zero attached hydrogens (tertiary/aromatic N) is 2. The summed E-state index contributed by atoms with van der Waals surface area (Å²) in [5, 5.41) is 7.71. The van der Waals surface area contributed by atoms with Crippen molar-refractivity contribution in [3.05, 3.63) is 47.8 Å². The molecule has 0 fully saturated rings. The van der Waals surface area contributed by atoms with Crippen molar-refractivity contribution in [2.45, 2.75) is 31.3 Å². The summed E-state index contributed by atoms with van der Waals surface area (Å²) in [4.78, 5) is 1.32. The topological polar surface area (TPSA) is 29.9 Å². The van der Waals surface area contributed by atoms with Crippen molar-refractivity contribution < 1.29 is 0 Å². The quantitative estimate of drug-likeness (QED) is 0.821. The van der Waals surface area contributed by atoms with Gasteiger partial charge >= 0.3 is 0 Å². The molecule has 0 radical (unpaired) electrons. The van der Waals surface area contributed by atoms with Gasteiger partial charge in [0.2, 0.25) is 0 Å². The maximum Gasteiger partial charge on any atom is 0.0537 e. The summed E-state index contributed by atoms with van der Waals surface area (Å²) in [7, 11) is 2.00. The molecule has 1 N–H and O–H groups in total. The summed E-state index contributed by atoms with van der Waals surface area (Å²) in [5.41, 5.74) is 2.56. The number of aryl methyl sites for hydroxylation is 2. The number of hydrogen-bond donors (Lipinski definition) is 1. The van der Waals surface area contributed by atoms with E-state index in [9.17, 15) is 0 Å². The molecule has 19 heavy (non-hydrogen) atoms. The van der Waals surface area contributed by atoms with Gasteiger partial charge in [-0.05, 0) is 33.0 Å². The minimum Gasteiger partial charge on any atom is -0.312 e. The Labute approximate surface area is 119 Å². The first kappa shape index (κ1) is 14.2. The summed E-state index contributed by atoms with van der Waals surface area (Å²) in [6, 6.07) is 8.98. The number of thioether (sulfide) groups is 1. The van der Waals surface area contributed by atoms with Gasteiger partial charge in [-0.25, -0.2) is 0 Å². The normalized spacial score (nSPS) is 12.6. The highest BCUT2D eigenvalue weighted by molar-refractivity contribution is 7.99. The van der Waals surface area contributed by atoms with Crippen LogP contribution in [0, 0.1) is 6.92 Å². The van der Waals surface area contributed by atoms with Crippen LogP contribution in [-0.4, -0.2) is 22.6 Å². The molecule has 0 aliphatic carbocycles. The smallest absolute Gasteiger partial charge is 0.0537 e. The van der Waals surface area contributed by atoms with Gasteiger partial charge in [0.1, 0.15) is 0 Å². The fraction of sp³-hybridized carbons (Fsp3) is 0.400. The van der Waals surface area contributed by atoms with Crippen LogP contribution in [-0.2, 0) is 6.54 Å². The minimum atomic E-state index is 0.339. The van der Waals surface area contributed by atoms with E-state index in [4.69, 9.17) is 0 Å². The van der Waals surface area contributed by atoms with Gasteiger partial charge in [0.25, 0.3) is 0 Å². The molecular weight excluding hydrogens is 254 g/mol. The van der Waals surface area contributed by atoms with Crippen LogP contribution < -0.4 is 5.32 Å². The third-order valence-corrected chi connectivity index (χ3v) is 4.22. The Morgan fingerprint density at radius 2 is 2.26 bits per heavy atom. The van der Waals surface area contributed by atoms with E-state index in [0.717, 1.165) is 12.3 Å². The van der Waals surface area contributed by atoms with Gasteiger partial charge in [-0.2, -0.15) is 5.10 Å². The van der Waals surface area contributed by atoms with E-state index >= 15 is 0 Å². The molecule has 1 aromatic carbocycles. The Morgan fingerprint density at radius 3 is 2.89 bits per heavy atom. The second kappa shape index (κ2) is 6.78. The van der Waals surface area contributed by atoms with Gasteiger partial charge in [0, 0.05) is 35.0 Å². The molecule has 0 saturated heterocycles. The maximum absolute atomic E-state index is 4.34. The van der Waals surface area contributed by atoms with Crippen LogP contribution in [0.5, 0.6) is 0 Å². The number of hydrogen-bond acceptors (Lipinski definition) is 3.